The minimum Gasteiger partial charge on any atom is -0.507 e. The Morgan fingerprint density at radius 1 is 1.10 bits per heavy atom. The number of amides is 1. The van der Waals surface area contributed by atoms with Crippen LogP contribution in [0.15, 0.2) is 43.0 Å². The molecule has 0 unspecified atom stereocenters. The van der Waals surface area contributed by atoms with Gasteiger partial charge in [0.05, 0.1) is 0 Å². The van der Waals surface area contributed by atoms with E-state index in [4.69, 9.17) is 4.74 Å². The molecule has 0 aliphatic heterocycles. The average Bonchev–Trinajstić information content (AvgIpc) is 3.15. The number of hydrogen-bond donors (Lipinski definition) is 3. The second-order valence-electron chi connectivity index (χ2n) is 7.20. The predicted molar refractivity (Wildman–Crippen MR) is 107 cm³/mol. The first-order valence-electron chi connectivity index (χ1n) is 9.81. The van der Waals surface area contributed by atoms with Crippen LogP contribution in [0.4, 0.5) is 4.79 Å². The molecule has 1 aliphatic rings. The fraction of sp³-hybridized carbons (Fsp3) is 0.333. The fourth-order valence-electron chi connectivity index (χ4n) is 3.60. The number of phenolic OH excluding ortho intramolecular Hbond substituents is 1. The summed E-state index contributed by atoms with van der Waals surface area (Å²) in [5.41, 5.74) is 1.92. The highest BCUT2D eigenvalue weighted by Crippen LogP contribution is 2.33. The lowest BCUT2D eigenvalue weighted by Crippen LogP contribution is -2.36. The number of nitrogens with one attached hydrogen (secondary N) is 2. The summed E-state index contributed by atoms with van der Waals surface area (Å²) in [6.07, 6.45) is 10.9. The largest absolute Gasteiger partial charge is 0.507 e. The number of hydrogen-bond acceptors (Lipinski definition) is 6. The van der Waals surface area contributed by atoms with Crippen molar-refractivity contribution in [1.82, 2.24) is 25.5 Å². The second kappa shape index (κ2) is 8.72. The monoisotopic (exact) mass is 393 g/mol. The number of pyridine rings is 1. The molecule has 0 spiro atoms. The first-order valence-corrected chi connectivity index (χ1v) is 9.81. The van der Waals surface area contributed by atoms with Crippen molar-refractivity contribution < 1.29 is 14.6 Å². The van der Waals surface area contributed by atoms with Crippen LogP contribution in [0.2, 0.25) is 0 Å². The molecule has 1 fully saturated rings. The highest BCUT2D eigenvalue weighted by molar-refractivity contribution is 5.76. The number of nitrogens with zero attached hydrogens (tertiary/aromatic N) is 3. The SMILES string of the molecule is O=C(NC1CCCCCC1)Oc1ccc(O)c(-c2cncc(-c3ncn[nH]3)c2)c1. The molecule has 1 aliphatic carbocycles. The molecular formula is C21H23N5O3. The Hall–Kier alpha value is -3.42. The molecule has 3 N–H and O–H groups in total. The number of H-pyrrole nitrogens is 1. The highest BCUT2D eigenvalue weighted by Gasteiger charge is 2.17. The molecule has 29 heavy (non-hydrogen) atoms. The van der Waals surface area contributed by atoms with Crippen LogP contribution in [0, 0.1) is 0 Å². The summed E-state index contributed by atoms with van der Waals surface area (Å²) in [6.45, 7) is 0. The molecule has 0 atom stereocenters. The highest BCUT2D eigenvalue weighted by atomic mass is 16.6. The summed E-state index contributed by atoms with van der Waals surface area (Å²) >= 11 is 0. The van der Waals surface area contributed by atoms with Gasteiger partial charge in [0.1, 0.15) is 17.8 Å². The van der Waals surface area contributed by atoms with Crippen molar-refractivity contribution >= 4 is 6.09 Å². The van der Waals surface area contributed by atoms with E-state index in [1.54, 1.807) is 24.5 Å². The van der Waals surface area contributed by atoms with E-state index in [0.29, 0.717) is 22.7 Å². The Balaban J connectivity index is 1.50. The van der Waals surface area contributed by atoms with Crippen LogP contribution < -0.4 is 10.1 Å². The van der Waals surface area contributed by atoms with Crippen LogP contribution in [-0.4, -0.2) is 37.4 Å². The number of aromatic nitrogens is 4. The van der Waals surface area contributed by atoms with E-state index >= 15 is 0 Å². The number of benzene rings is 1. The van der Waals surface area contributed by atoms with Crippen molar-refractivity contribution in [2.75, 3.05) is 0 Å². The van der Waals surface area contributed by atoms with E-state index < -0.39 is 6.09 Å². The third-order valence-corrected chi connectivity index (χ3v) is 5.09. The number of aromatic amines is 1. The molecule has 8 heteroatoms. The minimum atomic E-state index is -0.470. The van der Waals surface area contributed by atoms with Crippen molar-refractivity contribution in [1.29, 1.82) is 0 Å². The molecule has 2 heterocycles. The molecule has 1 aromatic carbocycles. The van der Waals surface area contributed by atoms with Crippen LogP contribution in [0.25, 0.3) is 22.5 Å². The standard InChI is InChI=1S/C21H23N5O3/c27-19-8-7-17(29-21(28)25-16-5-3-1-2-4-6-16)10-18(19)14-9-15(12-22-11-14)20-23-13-24-26-20/h7-13,16,27H,1-6H2,(H,25,28)(H,23,24,26). The van der Waals surface area contributed by atoms with Gasteiger partial charge in [0.25, 0.3) is 0 Å². The Labute approximate surface area is 168 Å². The summed E-state index contributed by atoms with van der Waals surface area (Å²) in [5.74, 6) is 1.00. The molecule has 0 radical (unpaired) electrons. The van der Waals surface area contributed by atoms with Gasteiger partial charge >= 0.3 is 6.09 Å². The minimum absolute atomic E-state index is 0.0676. The summed E-state index contributed by atoms with van der Waals surface area (Å²) < 4.78 is 5.47. The van der Waals surface area contributed by atoms with Gasteiger partial charge in [0, 0.05) is 35.1 Å². The van der Waals surface area contributed by atoms with Crippen LogP contribution in [0.1, 0.15) is 38.5 Å². The number of carbonyl (C=O) groups is 1. The van der Waals surface area contributed by atoms with E-state index in [1.807, 2.05) is 6.07 Å². The summed E-state index contributed by atoms with van der Waals surface area (Å²) in [6, 6.07) is 6.69. The van der Waals surface area contributed by atoms with Gasteiger partial charge in [-0.25, -0.2) is 9.78 Å². The molecular weight excluding hydrogens is 370 g/mol. The Morgan fingerprint density at radius 3 is 2.66 bits per heavy atom. The summed E-state index contributed by atoms with van der Waals surface area (Å²) in [7, 11) is 0. The van der Waals surface area contributed by atoms with Gasteiger partial charge in [0.2, 0.25) is 0 Å². The smallest absolute Gasteiger partial charge is 0.412 e. The number of ether oxygens (including phenoxy) is 1. The van der Waals surface area contributed by atoms with Crippen molar-refractivity contribution in [3.63, 3.8) is 0 Å². The molecule has 0 bridgehead atoms. The van der Waals surface area contributed by atoms with E-state index in [2.05, 4.69) is 25.5 Å². The lowest BCUT2D eigenvalue weighted by molar-refractivity contribution is 0.194. The fourth-order valence-corrected chi connectivity index (χ4v) is 3.60. The van der Waals surface area contributed by atoms with Gasteiger partial charge in [-0.2, -0.15) is 5.10 Å². The van der Waals surface area contributed by atoms with Gasteiger partial charge in [0.15, 0.2) is 5.82 Å². The van der Waals surface area contributed by atoms with Crippen molar-refractivity contribution in [2.45, 2.75) is 44.6 Å². The molecule has 150 valence electrons. The maximum absolute atomic E-state index is 12.3. The molecule has 1 saturated carbocycles. The predicted octanol–water partition coefficient (Wildman–Crippen LogP) is 4.05. The van der Waals surface area contributed by atoms with E-state index in [1.165, 1.54) is 25.2 Å². The van der Waals surface area contributed by atoms with Gasteiger partial charge in [-0.05, 0) is 37.1 Å². The zero-order valence-electron chi connectivity index (χ0n) is 16.0. The Bertz CT molecular complexity index is 966. The number of rotatable bonds is 4. The van der Waals surface area contributed by atoms with Gasteiger partial charge in [-0.1, -0.05) is 25.7 Å². The van der Waals surface area contributed by atoms with Crippen LogP contribution in [-0.2, 0) is 0 Å². The van der Waals surface area contributed by atoms with Crippen molar-refractivity contribution in [3.05, 3.63) is 43.0 Å². The third-order valence-electron chi connectivity index (χ3n) is 5.09. The third kappa shape index (κ3) is 4.71. The molecule has 1 amide bonds. The van der Waals surface area contributed by atoms with Crippen LogP contribution in [0.3, 0.4) is 0 Å². The number of carbonyl (C=O) groups excluding carboxylic acids is 1. The second-order valence-corrected chi connectivity index (χ2v) is 7.20. The topological polar surface area (TPSA) is 113 Å². The van der Waals surface area contributed by atoms with E-state index in [-0.39, 0.29) is 11.8 Å². The number of aromatic hydroxyl groups is 1. The quantitative estimate of drug-likeness (QED) is 0.576. The van der Waals surface area contributed by atoms with Gasteiger partial charge in [-0.15, -0.1) is 0 Å². The molecule has 2 aromatic heterocycles. The van der Waals surface area contributed by atoms with Crippen LogP contribution >= 0.6 is 0 Å². The van der Waals surface area contributed by atoms with Crippen LogP contribution in [0.5, 0.6) is 11.5 Å². The number of phenols is 1. The Kier molecular flexibility index (Phi) is 5.69. The van der Waals surface area contributed by atoms with Gasteiger partial charge < -0.3 is 15.2 Å². The van der Waals surface area contributed by atoms with Crippen molar-refractivity contribution in [2.24, 2.45) is 0 Å². The molecule has 0 saturated heterocycles. The lowest BCUT2D eigenvalue weighted by Gasteiger charge is -2.16. The average molecular weight is 393 g/mol. The summed E-state index contributed by atoms with van der Waals surface area (Å²) in [5, 5.41) is 19.9. The summed E-state index contributed by atoms with van der Waals surface area (Å²) in [4.78, 5) is 20.6. The lowest BCUT2D eigenvalue weighted by atomic mass is 10.0. The maximum Gasteiger partial charge on any atom is 0.412 e. The first-order chi connectivity index (χ1) is 14.2. The molecule has 3 aromatic rings. The zero-order valence-corrected chi connectivity index (χ0v) is 16.0. The van der Waals surface area contributed by atoms with E-state index in [9.17, 15) is 9.90 Å². The molecule has 8 nitrogen and oxygen atoms in total. The first kappa shape index (κ1) is 18.9. The molecule has 4 rings (SSSR count). The maximum atomic E-state index is 12.3. The zero-order chi connectivity index (χ0) is 20.1. The van der Waals surface area contributed by atoms with E-state index in [0.717, 1.165) is 31.2 Å². The van der Waals surface area contributed by atoms with Crippen molar-refractivity contribution in [3.8, 4) is 34.0 Å². The normalized spacial score (nSPS) is 14.9. The Morgan fingerprint density at radius 2 is 1.90 bits per heavy atom. The van der Waals surface area contributed by atoms with Gasteiger partial charge in [-0.3, -0.25) is 10.1 Å².